The second kappa shape index (κ2) is 7.67. The molecular weight excluding hydrogens is 272 g/mol. The second-order valence-electron chi connectivity index (χ2n) is 5.57. The zero-order valence-corrected chi connectivity index (χ0v) is 13.5. The van der Waals surface area contributed by atoms with Crippen LogP contribution in [0.3, 0.4) is 0 Å². The molecule has 1 rings (SSSR count). The quantitative estimate of drug-likeness (QED) is 0.749. The van der Waals surface area contributed by atoms with E-state index in [2.05, 4.69) is 5.32 Å². The number of aryl methyl sites for hydroxylation is 1. The normalized spacial score (nSPS) is 14.1. The number of amides is 1. The topological polar surface area (TPSA) is 52.6 Å². The average Bonchev–Trinajstić information content (AvgIpc) is 2.34. The van der Waals surface area contributed by atoms with Gasteiger partial charge >= 0.3 is 0 Å². The van der Waals surface area contributed by atoms with Gasteiger partial charge in [0.05, 0.1) is 11.4 Å². The molecule has 0 saturated carbocycles. The Morgan fingerprint density at radius 3 is 2.65 bits per heavy atom. The summed E-state index contributed by atoms with van der Waals surface area (Å²) in [5.74, 6) is 0.306. The number of carbonyl (C=O) groups is 1. The first kappa shape index (κ1) is 17.0. The van der Waals surface area contributed by atoms with Crippen molar-refractivity contribution in [3.63, 3.8) is 0 Å². The smallest absolute Gasteiger partial charge is 0.230 e. The molecule has 20 heavy (non-hydrogen) atoms. The van der Waals surface area contributed by atoms with E-state index in [1.54, 1.807) is 6.92 Å². The number of rotatable bonds is 7. The van der Waals surface area contributed by atoms with Gasteiger partial charge in [0.15, 0.2) is 0 Å². The van der Waals surface area contributed by atoms with Crippen LogP contribution in [-0.2, 0) is 4.79 Å². The lowest BCUT2D eigenvalue weighted by Gasteiger charge is -2.27. The summed E-state index contributed by atoms with van der Waals surface area (Å²) in [4.78, 5) is 14.8. The van der Waals surface area contributed by atoms with Crippen molar-refractivity contribution in [3.05, 3.63) is 29.8 Å². The predicted molar refractivity (Wildman–Crippen MR) is 84.1 cm³/mol. The molecule has 2 N–H and O–H groups in total. The Bertz CT molecular complexity index is 447. The van der Waals surface area contributed by atoms with Crippen molar-refractivity contribution in [3.8, 4) is 0 Å². The number of likely N-dealkylation sites (N-methyl/N-ethyl adjacent to an activating group) is 1. The van der Waals surface area contributed by atoms with E-state index in [9.17, 15) is 9.90 Å². The molecule has 1 amide bonds. The van der Waals surface area contributed by atoms with Gasteiger partial charge in [-0.3, -0.25) is 4.79 Å². The highest BCUT2D eigenvalue weighted by Gasteiger charge is 2.21. The van der Waals surface area contributed by atoms with E-state index < -0.39 is 5.60 Å². The minimum absolute atomic E-state index is 0.0581. The lowest BCUT2D eigenvalue weighted by Crippen LogP contribution is -2.47. The molecule has 112 valence electrons. The fourth-order valence-corrected chi connectivity index (χ4v) is 2.80. The van der Waals surface area contributed by atoms with Crippen LogP contribution in [0.25, 0.3) is 0 Å². The van der Waals surface area contributed by atoms with Gasteiger partial charge in [-0.2, -0.15) is 0 Å². The van der Waals surface area contributed by atoms with Crippen LogP contribution in [-0.4, -0.2) is 54.5 Å². The predicted octanol–water partition coefficient (Wildman–Crippen LogP) is 1.52. The van der Waals surface area contributed by atoms with E-state index in [0.717, 1.165) is 4.90 Å². The maximum atomic E-state index is 11.8. The Morgan fingerprint density at radius 1 is 1.40 bits per heavy atom. The largest absolute Gasteiger partial charge is 0.387 e. The summed E-state index contributed by atoms with van der Waals surface area (Å²) in [5, 5.41) is 12.9. The van der Waals surface area contributed by atoms with Gasteiger partial charge in [0.25, 0.3) is 0 Å². The highest BCUT2D eigenvalue weighted by molar-refractivity contribution is 8.00. The third-order valence-electron chi connectivity index (χ3n) is 2.78. The van der Waals surface area contributed by atoms with E-state index in [-0.39, 0.29) is 12.5 Å². The first-order valence-corrected chi connectivity index (χ1v) is 7.61. The van der Waals surface area contributed by atoms with Crippen molar-refractivity contribution in [2.45, 2.75) is 24.3 Å². The standard InChI is InChI=1S/C15H24N2O2S/c1-12-7-5-6-8-13(12)20-9-14(18)16-10-15(2,19)11-17(3)4/h5-8,19H,9-11H2,1-4H3,(H,16,18). The number of hydrogen-bond acceptors (Lipinski definition) is 4. The molecule has 0 saturated heterocycles. The number of nitrogens with one attached hydrogen (secondary N) is 1. The highest BCUT2D eigenvalue weighted by Crippen LogP contribution is 2.21. The van der Waals surface area contributed by atoms with Crippen LogP contribution < -0.4 is 5.32 Å². The summed E-state index contributed by atoms with van der Waals surface area (Å²) < 4.78 is 0. The van der Waals surface area contributed by atoms with Crippen molar-refractivity contribution in [2.75, 3.05) is 32.9 Å². The second-order valence-corrected chi connectivity index (χ2v) is 6.58. The number of carbonyl (C=O) groups excluding carboxylic acids is 1. The first-order valence-electron chi connectivity index (χ1n) is 6.62. The maximum Gasteiger partial charge on any atom is 0.230 e. The molecule has 5 heteroatoms. The summed E-state index contributed by atoms with van der Waals surface area (Å²) in [5.41, 5.74) is 0.261. The summed E-state index contributed by atoms with van der Waals surface area (Å²) in [6, 6.07) is 7.99. The fraction of sp³-hybridized carbons (Fsp3) is 0.533. The van der Waals surface area contributed by atoms with Crippen molar-refractivity contribution in [1.82, 2.24) is 10.2 Å². The molecule has 0 aliphatic rings. The molecule has 0 heterocycles. The van der Waals surface area contributed by atoms with Gasteiger partial charge in [-0.05, 0) is 39.6 Å². The Morgan fingerprint density at radius 2 is 2.05 bits per heavy atom. The molecule has 0 spiro atoms. The van der Waals surface area contributed by atoms with Crippen LogP contribution in [0, 0.1) is 6.92 Å². The first-order chi connectivity index (χ1) is 9.30. The van der Waals surface area contributed by atoms with E-state index >= 15 is 0 Å². The van der Waals surface area contributed by atoms with E-state index in [1.165, 1.54) is 17.3 Å². The van der Waals surface area contributed by atoms with Crippen LogP contribution in [0.15, 0.2) is 29.2 Å². The molecule has 0 aliphatic carbocycles. The molecule has 0 bridgehead atoms. The molecule has 1 unspecified atom stereocenters. The molecular formula is C15H24N2O2S. The molecule has 0 aliphatic heterocycles. The molecule has 1 aromatic carbocycles. The molecule has 0 fully saturated rings. The minimum atomic E-state index is -0.910. The SMILES string of the molecule is Cc1ccccc1SCC(=O)NCC(C)(O)CN(C)C. The Kier molecular flexibility index (Phi) is 6.52. The Labute approximate surface area is 125 Å². The highest BCUT2D eigenvalue weighted by atomic mass is 32.2. The van der Waals surface area contributed by atoms with Crippen LogP contribution in [0.4, 0.5) is 0 Å². The third-order valence-corrected chi connectivity index (χ3v) is 3.95. The molecule has 0 aromatic heterocycles. The van der Waals surface area contributed by atoms with Crippen molar-refractivity contribution in [2.24, 2.45) is 0 Å². The lowest BCUT2D eigenvalue weighted by molar-refractivity contribution is -0.119. The van der Waals surface area contributed by atoms with E-state index in [0.29, 0.717) is 12.3 Å². The van der Waals surface area contributed by atoms with Gasteiger partial charge in [0.2, 0.25) is 5.91 Å². The maximum absolute atomic E-state index is 11.8. The number of hydrogen-bond donors (Lipinski definition) is 2. The summed E-state index contributed by atoms with van der Waals surface area (Å²) in [6.07, 6.45) is 0. The van der Waals surface area contributed by atoms with Crippen LogP contribution in [0.1, 0.15) is 12.5 Å². The molecule has 0 radical (unpaired) electrons. The van der Waals surface area contributed by atoms with Gasteiger partial charge < -0.3 is 15.3 Å². The van der Waals surface area contributed by atoms with Crippen molar-refractivity contribution in [1.29, 1.82) is 0 Å². The van der Waals surface area contributed by atoms with Gasteiger partial charge in [0, 0.05) is 18.0 Å². The minimum Gasteiger partial charge on any atom is -0.387 e. The fourth-order valence-electron chi connectivity index (χ4n) is 1.94. The number of benzene rings is 1. The third kappa shape index (κ3) is 6.41. The lowest BCUT2D eigenvalue weighted by atomic mass is 10.1. The molecule has 4 nitrogen and oxygen atoms in total. The van der Waals surface area contributed by atoms with Crippen LogP contribution in [0.2, 0.25) is 0 Å². The van der Waals surface area contributed by atoms with Gasteiger partial charge in [0.1, 0.15) is 0 Å². The number of nitrogens with zero attached hydrogens (tertiary/aromatic N) is 1. The van der Waals surface area contributed by atoms with E-state index in [4.69, 9.17) is 0 Å². The van der Waals surface area contributed by atoms with Gasteiger partial charge in [-0.25, -0.2) is 0 Å². The Balaban J connectivity index is 2.36. The zero-order chi connectivity index (χ0) is 15.2. The average molecular weight is 296 g/mol. The molecule has 1 aromatic rings. The summed E-state index contributed by atoms with van der Waals surface area (Å²) in [7, 11) is 3.79. The number of aliphatic hydroxyl groups is 1. The molecule has 1 atom stereocenters. The van der Waals surface area contributed by atoms with Gasteiger partial charge in [-0.1, -0.05) is 18.2 Å². The van der Waals surface area contributed by atoms with Crippen LogP contribution >= 0.6 is 11.8 Å². The zero-order valence-electron chi connectivity index (χ0n) is 12.6. The van der Waals surface area contributed by atoms with Crippen molar-refractivity contribution < 1.29 is 9.90 Å². The summed E-state index contributed by atoms with van der Waals surface area (Å²) >= 11 is 1.52. The number of thioether (sulfide) groups is 1. The summed E-state index contributed by atoms with van der Waals surface area (Å²) in [6.45, 7) is 4.53. The van der Waals surface area contributed by atoms with Crippen LogP contribution in [0.5, 0.6) is 0 Å². The van der Waals surface area contributed by atoms with Gasteiger partial charge in [-0.15, -0.1) is 11.8 Å². The Hall–Kier alpha value is -1.04. The monoisotopic (exact) mass is 296 g/mol. The van der Waals surface area contributed by atoms with Crippen molar-refractivity contribution >= 4 is 17.7 Å². The van der Waals surface area contributed by atoms with E-state index in [1.807, 2.05) is 50.2 Å².